The van der Waals surface area contributed by atoms with E-state index in [-0.39, 0.29) is 0 Å². The zero-order chi connectivity index (χ0) is 10.6. The maximum atomic E-state index is 5.10. The van der Waals surface area contributed by atoms with E-state index in [0.717, 1.165) is 16.6 Å². The topological polar surface area (TPSA) is 50.8 Å². The number of hydrogen-bond acceptors (Lipinski definition) is 3. The molecule has 0 aliphatic heterocycles. The number of nitrogens with one attached hydrogen (secondary N) is 1. The molecule has 4 nitrogen and oxygen atoms in total. The van der Waals surface area contributed by atoms with Crippen molar-refractivity contribution in [1.29, 1.82) is 0 Å². The number of nitrogens with zero attached hydrogens (tertiary/aromatic N) is 2. The smallest absolute Gasteiger partial charge is 0.226 e. The van der Waals surface area contributed by atoms with Gasteiger partial charge < -0.3 is 9.72 Å². The number of hydrogen-bond donors (Lipinski definition) is 1. The lowest BCUT2D eigenvalue weighted by Crippen LogP contribution is -1.89. The molecule has 2 aromatic heterocycles. The molecule has 1 N–H and O–H groups in total. The van der Waals surface area contributed by atoms with Gasteiger partial charge in [-0.3, -0.25) is 0 Å². The molecule has 76 valence electrons. The van der Waals surface area contributed by atoms with Gasteiger partial charge in [-0.15, -0.1) is 0 Å². The molecular formula is C10H15N3O. The quantitative estimate of drug-likeness (QED) is 0.756. The van der Waals surface area contributed by atoms with Crippen LogP contribution in [0.3, 0.4) is 0 Å². The summed E-state index contributed by atoms with van der Waals surface area (Å²) in [4.78, 5) is 11.1. The van der Waals surface area contributed by atoms with Gasteiger partial charge in [0.2, 0.25) is 5.88 Å². The normalized spacial score (nSPS) is 9.43. The van der Waals surface area contributed by atoms with Gasteiger partial charge in [0.15, 0.2) is 0 Å². The predicted molar refractivity (Wildman–Crippen MR) is 56.5 cm³/mol. The summed E-state index contributed by atoms with van der Waals surface area (Å²) in [5.41, 5.74) is 1.92. The molecule has 14 heavy (non-hydrogen) atoms. The zero-order valence-corrected chi connectivity index (χ0v) is 8.96. The van der Waals surface area contributed by atoms with Crippen molar-refractivity contribution in [1.82, 2.24) is 15.0 Å². The molecular weight excluding hydrogens is 178 g/mol. The van der Waals surface area contributed by atoms with Gasteiger partial charge in [-0.2, -0.15) is 0 Å². The lowest BCUT2D eigenvalue weighted by Gasteiger charge is -1.98. The van der Waals surface area contributed by atoms with Crippen LogP contribution in [0.1, 0.15) is 19.4 Å². The average molecular weight is 193 g/mol. The third kappa shape index (κ3) is 1.69. The second-order valence-corrected chi connectivity index (χ2v) is 2.58. The molecule has 0 aromatic carbocycles. The molecule has 4 heteroatoms. The number of aryl methyl sites for hydroxylation is 1. The molecule has 0 spiro atoms. The summed E-state index contributed by atoms with van der Waals surface area (Å²) in [7, 11) is 1.61. The van der Waals surface area contributed by atoms with Gasteiger partial charge in [-0.05, 0) is 12.5 Å². The van der Waals surface area contributed by atoms with Crippen molar-refractivity contribution in [2.75, 3.05) is 7.11 Å². The van der Waals surface area contributed by atoms with E-state index in [4.69, 9.17) is 4.74 Å². The first-order valence-corrected chi connectivity index (χ1v) is 4.65. The third-order valence-electron chi connectivity index (χ3n) is 1.83. The summed E-state index contributed by atoms with van der Waals surface area (Å²) in [6, 6.07) is 0. The van der Waals surface area contributed by atoms with Gasteiger partial charge in [-0.1, -0.05) is 13.8 Å². The average Bonchev–Trinajstić information content (AvgIpc) is 2.64. The van der Waals surface area contributed by atoms with Crippen LogP contribution in [0.4, 0.5) is 0 Å². The van der Waals surface area contributed by atoms with Crippen LogP contribution < -0.4 is 4.74 Å². The monoisotopic (exact) mass is 193 g/mol. The van der Waals surface area contributed by atoms with Crippen LogP contribution >= 0.6 is 0 Å². The van der Waals surface area contributed by atoms with Crippen molar-refractivity contribution in [3.05, 3.63) is 18.1 Å². The molecule has 0 unspecified atom stereocenters. The van der Waals surface area contributed by atoms with Crippen LogP contribution in [-0.2, 0) is 0 Å². The molecule has 0 aliphatic carbocycles. The van der Waals surface area contributed by atoms with Crippen LogP contribution in [0.5, 0.6) is 5.88 Å². The molecule has 2 aromatic rings. The standard InChI is InChI=1S/C8H9N3O.C2H6/c1-5-3-9-7-6(5)8(12-2)11-4-10-7;1-2/h3-4H,1-2H3,(H,9,10,11);1-2H3. The molecule has 0 amide bonds. The molecule has 0 radical (unpaired) electrons. The van der Waals surface area contributed by atoms with Crippen molar-refractivity contribution >= 4 is 11.0 Å². The van der Waals surface area contributed by atoms with E-state index in [0.29, 0.717) is 5.88 Å². The summed E-state index contributed by atoms with van der Waals surface area (Å²) in [6.45, 7) is 5.99. The van der Waals surface area contributed by atoms with Gasteiger partial charge in [0, 0.05) is 6.20 Å². The molecule has 0 saturated heterocycles. The first-order valence-electron chi connectivity index (χ1n) is 4.65. The number of aromatic amines is 1. The molecule has 0 atom stereocenters. The summed E-state index contributed by atoms with van der Waals surface area (Å²) in [5.74, 6) is 0.624. The lowest BCUT2D eigenvalue weighted by atomic mass is 10.3. The number of ether oxygens (including phenoxy) is 1. The SMILES string of the molecule is CC.COc1ncnc2[nH]cc(C)c12. The van der Waals surface area contributed by atoms with Gasteiger partial charge in [0.1, 0.15) is 12.0 Å². The van der Waals surface area contributed by atoms with E-state index < -0.39 is 0 Å². The number of aromatic nitrogens is 3. The zero-order valence-electron chi connectivity index (χ0n) is 8.96. The van der Waals surface area contributed by atoms with Crippen molar-refractivity contribution in [2.24, 2.45) is 0 Å². The highest BCUT2D eigenvalue weighted by Crippen LogP contribution is 2.23. The fraction of sp³-hybridized carbons (Fsp3) is 0.400. The fourth-order valence-corrected chi connectivity index (χ4v) is 1.24. The summed E-state index contributed by atoms with van der Waals surface area (Å²) in [5, 5.41) is 0.958. The Kier molecular flexibility index (Phi) is 3.45. The highest BCUT2D eigenvalue weighted by Gasteiger charge is 2.06. The Labute approximate surface area is 83.3 Å². The van der Waals surface area contributed by atoms with Crippen molar-refractivity contribution in [3.8, 4) is 5.88 Å². The van der Waals surface area contributed by atoms with Gasteiger partial charge >= 0.3 is 0 Å². The van der Waals surface area contributed by atoms with Gasteiger partial charge in [0.05, 0.1) is 12.5 Å². The Morgan fingerprint density at radius 2 is 2.00 bits per heavy atom. The van der Waals surface area contributed by atoms with Crippen LogP contribution in [0, 0.1) is 6.92 Å². The van der Waals surface area contributed by atoms with E-state index in [1.54, 1.807) is 7.11 Å². The fourth-order valence-electron chi connectivity index (χ4n) is 1.24. The Morgan fingerprint density at radius 1 is 1.29 bits per heavy atom. The highest BCUT2D eigenvalue weighted by molar-refractivity contribution is 5.84. The number of fused-ring (bicyclic) bond motifs is 1. The number of H-pyrrole nitrogens is 1. The molecule has 0 saturated carbocycles. The minimum Gasteiger partial charge on any atom is -0.480 e. The third-order valence-corrected chi connectivity index (χ3v) is 1.83. The van der Waals surface area contributed by atoms with Crippen molar-refractivity contribution in [2.45, 2.75) is 20.8 Å². The van der Waals surface area contributed by atoms with E-state index >= 15 is 0 Å². The van der Waals surface area contributed by atoms with E-state index in [1.807, 2.05) is 27.0 Å². The van der Waals surface area contributed by atoms with Gasteiger partial charge in [-0.25, -0.2) is 9.97 Å². The lowest BCUT2D eigenvalue weighted by molar-refractivity contribution is 0.402. The van der Waals surface area contributed by atoms with Crippen LogP contribution in [0.15, 0.2) is 12.5 Å². The van der Waals surface area contributed by atoms with Crippen LogP contribution in [0.2, 0.25) is 0 Å². The van der Waals surface area contributed by atoms with E-state index in [1.165, 1.54) is 6.33 Å². The van der Waals surface area contributed by atoms with Crippen molar-refractivity contribution < 1.29 is 4.74 Å². The van der Waals surface area contributed by atoms with Crippen molar-refractivity contribution in [3.63, 3.8) is 0 Å². The Hall–Kier alpha value is -1.58. The molecule has 0 bridgehead atoms. The number of methoxy groups -OCH3 is 1. The minimum atomic E-state index is 0.624. The Morgan fingerprint density at radius 3 is 2.64 bits per heavy atom. The predicted octanol–water partition coefficient (Wildman–Crippen LogP) is 2.30. The highest BCUT2D eigenvalue weighted by atomic mass is 16.5. The van der Waals surface area contributed by atoms with Crippen LogP contribution in [-0.4, -0.2) is 22.1 Å². The second kappa shape index (κ2) is 4.60. The van der Waals surface area contributed by atoms with Crippen LogP contribution in [0.25, 0.3) is 11.0 Å². The first-order chi connectivity index (χ1) is 6.83. The Balaban J connectivity index is 0.000000461. The molecule has 2 heterocycles. The summed E-state index contributed by atoms with van der Waals surface area (Å²) < 4.78 is 5.10. The first kappa shape index (κ1) is 10.5. The minimum absolute atomic E-state index is 0.624. The largest absolute Gasteiger partial charge is 0.480 e. The second-order valence-electron chi connectivity index (χ2n) is 2.58. The maximum Gasteiger partial charge on any atom is 0.226 e. The summed E-state index contributed by atoms with van der Waals surface area (Å²) in [6.07, 6.45) is 3.37. The van der Waals surface area contributed by atoms with E-state index in [9.17, 15) is 0 Å². The number of rotatable bonds is 1. The maximum absolute atomic E-state index is 5.10. The summed E-state index contributed by atoms with van der Waals surface area (Å²) >= 11 is 0. The molecule has 2 rings (SSSR count). The Bertz CT molecular complexity index is 409. The van der Waals surface area contributed by atoms with Gasteiger partial charge in [0.25, 0.3) is 0 Å². The molecule has 0 fully saturated rings. The van der Waals surface area contributed by atoms with E-state index in [2.05, 4.69) is 15.0 Å². The molecule has 0 aliphatic rings.